The van der Waals surface area contributed by atoms with Crippen LogP contribution in [0.5, 0.6) is 5.75 Å². The van der Waals surface area contributed by atoms with Gasteiger partial charge in [0.05, 0.1) is 23.2 Å². The normalized spacial score (nSPS) is 31.2. The number of alkyl halides is 2. The molecular weight excluding hydrogens is 698 g/mol. The molecule has 2 heterocycles. The summed E-state index contributed by atoms with van der Waals surface area (Å²) < 4.78 is 14.6. The second kappa shape index (κ2) is 10.1. The van der Waals surface area contributed by atoms with Crippen molar-refractivity contribution in [3.05, 3.63) is 99.3 Å². The summed E-state index contributed by atoms with van der Waals surface area (Å²) in [6, 6.07) is 15.8. The number of fused-ring (bicyclic) bond motifs is 4. The fourth-order valence-corrected chi connectivity index (χ4v) is 8.72. The van der Waals surface area contributed by atoms with E-state index in [0.29, 0.717) is 11.3 Å². The molecule has 7 rings (SSSR count). The number of anilines is 2. The van der Waals surface area contributed by atoms with Gasteiger partial charge >= 0.3 is 0 Å². The monoisotopic (exact) mass is 716 g/mol. The molecule has 4 amide bonds. The number of allylic oxidation sites excluding steroid dienone is 2. The highest BCUT2D eigenvalue weighted by Crippen LogP contribution is 2.66. The van der Waals surface area contributed by atoms with E-state index in [1.807, 2.05) is 0 Å². The predicted octanol–water partition coefficient (Wildman–Crippen LogP) is 6.72. The van der Waals surface area contributed by atoms with Crippen LogP contribution in [0, 0.1) is 23.6 Å². The standard InChI is InChI=1S/C32H21BrCl3FN2O5/c33-15-1-6-18(7-2-15)38-27(41)21-11-10-20-23(25(21)28(38)42)14-31(35)29(43)39(19-8-4-17(37)5-9-19)30(44)32(31,36)26(20)22-13-16(34)3-12-24(22)40/h1-10,12-13,21,23,25-26,40H,11,14H2. The van der Waals surface area contributed by atoms with Gasteiger partial charge in [0.2, 0.25) is 11.8 Å². The quantitative estimate of drug-likeness (QED) is 0.185. The third kappa shape index (κ3) is 3.92. The first-order valence-electron chi connectivity index (χ1n) is 13.7. The van der Waals surface area contributed by atoms with Gasteiger partial charge in [-0.25, -0.2) is 9.29 Å². The van der Waals surface area contributed by atoms with Crippen LogP contribution in [0.2, 0.25) is 5.02 Å². The number of carbonyl (C=O) groups is 4. The third-order valence-electron chi connectivity index (χ3n) is 9.28. The van der Waals surface area contributed by atoms with Crippen molar-refractivity contribution in [3.8, 4) is 5.75 Å². The highest BCUT2D eigenvalue weighted by Gasteiger charge is 2.77. The molecule has 0 spiro atoms. The molecular formula is C32H21BrCl3FN2O5. The number of nitrogens with zero attached hydrogens (tertiary/aromatic N) is 2. The average molecular weight is 719 g/mol. The fourth-order valence-electron chi connectivity index (χ4n) is 7.35. The van der Waals surface area contributed by atoms with Crippen molar-refractivity contribution in [2.45, 2.75) is 28.5 Å². The fraction of sp³-hybridized carbons (Fsp3) is 0.250. The van der Waals surface area contributed by atoms with Crippen molar-refractivity contribution >= 4 is 85.7 Å². The molecule has 44 heavy (non-hydrogen) atoms. The Kier molecular flexibility index (Phi) is 6.79. The van der Waals surface area contributed by atoms with Gasteiger partial charge in [-0.1, -0.05) is 39.2 Å². The maximum absolute atomic E-state index is 14.3. The Morgan fingerprint density at radius 2 is 1.48 bits per heavy atom. The van der Waals surface area contributed by atoms with Crippen LogP contribution in [0.4, 0.5) is 15.8 Å². The number of imide groups is 2. The van der Waals surface area contributed by atoms with Crippen LogP contribution in [0.25, 0.3) is 0 Å². The van der Waals surface area contributed by atoms with Crippen molar-refractivity contribution in [1.29, 1.82) is 0 Å². The van der Waals surface area contributed by atoms with Crippen LogP contribution in [0.3, 0.4) is 0 Å². The lowest BCUT2D eigenvalue weighted by Crippen LogP contribution is -2.60. The molecule has 0 bridgehead atoms. The van der Waals surface area contributed by atoms with Gasteiger partial charge in [0, 0.05) is 21.0 Å². The summed E-state index contributed by atoms with van der Waals surface area (Å²) in [5.41, 5.74) is 1.13. The molecule has 6 atom stereocenters. The number of amides is 4. The molecule has 2 aliphatic heterocycles. The molecule has 3 aromatic rings. The van der Waals surface area contributed by atoms with E-state index >= 15 is 0 Å². The number of benzene rings is 3. The highest BCUT2D eigenvalue weighted by molar-refractivity contribution is 9.10. The molecule has 12 heteroatoms. The molecule has 3 aromatic carbocycles. The third-order valence-corrected chi connectivity index (χ3v) is 11.5. The van der Waals surface area contributed by atoms with Crippen LogP contribution in [-0.2, 0) is 19.2 Å². The molecule has 4 aliphatic rings. The van der Waals surface area contributed by atoms with E-state index in [-0.39, 0.29) is 40.8 Å². The average Bonchev–Trinajstić information content (AvgIpc) is 3.33. The van der Waals surface area contributed by atoms with Crippen molar-refractivity contribution in [1.82, 2.24) is 0 Å². The van der Waals surface area contributed by atoms with Crippen molar-refractivity contribution in [3.63, 3.8) is 0 Å². The number of rotatable bonds is 3. The number of halogens is 5. The van der Waals surface area contributed by atoms with E-state index in [0.717, 1.165) is 26.4 Å². The Labute approximate surface area is 274 Å². The lowest BCUT2D eigenvalue weighted by atomic mass is 9.56. The lowest BCUT2D eigenvalue weighted by molar-refractivity contribution is -0.125. The number of aromatic hydroxyl groups is 1. The van der Waals surface area contributed by atoms with Crippen LogP contribution < -0.4 is 9.80 Å². The molecule has 1 N–H and O–H groups in total. The van der Waals surface area contributed by atoms with E-state index in [1.165, 1.54) is 30.3 Å². The summed E-state index contributed by atoms with van der Waals surface area (Å²) in [5.74, 6) is -7.00. The Balaban J connectivity index is 1.41. The zero-order valence-corrected chi connectivity index (χ0v) is 26.4. The Morgan fingerprint density at radius 3 is 2.16 bits per heavy atom. The second-order valence-corrected chi connectivity index (χ2v) is 14.0. The zero-order chi connectivity index (χ0) is 31.3. The second-order valence-electron chi connectivity index (χ2n) is 11.4. The Morgan fingerprint density at radius 1 is 0.841 bits per heavy atom. The van der Waals surface area contributed by atoms with Gasteiger partial charge in [-0.3, -0.25) is 24.1 Å². The van der Waals surface area contributed by atoms with E-state index in [2.05, 4.69) is 15.9 Å². The van der Waals surface area contributed by atoms with Crippen molar-refractivity contribution < 1.29 is 28.7 Å². The van der Waals surface area contributed by atoms with E-state index in [9.17, 15) is 28.7 Å². The molecule has 1 saturated carbocycles. The van der Waals surface area contributed by atoms with E-state index in [1.54, 1.807) is 30.3 Å². The minimum absolute atomic E-state index is 0.0632. The predicted molar refractivity (Wildman–Crippen MR) is 166 cm³/mol. The topological polar surface area (TPSA) is 95.0 Å². The van der Waals surface area contributed by atoms with E-state index in [4.69, 9.17) is 34.8 Å². The van der Waals surface area contributed by atoms with Gasteiger partial charge in [0.15, 0.2) is 9.75 Å². The maximum Gasteiger partial charge on any atom is 0.258 e. The van der Waals surface area contributed by atoms with Gasteiger partial charge in [0.1, 0.15) is 11.6 Å². The summed E-state index contributed by atoms with van der Waals surface area (Å²) in [5, 5.41) is 11.3. The van der Waals surface area contributed by atoms with E-state index < -0.39 is 57.0 Å². The lowest BCUT2D eigenvalue weighted by Gasteiger charge is -2.50. The summed E-state index contributed by atoms with van der Waals surface area (Å²) in [7, 11) is 0. The summed E-state index contributed by atoms with van der Waals surface area (Å²) >= 11 is 24.3. The van der Waals surface area contributed by atoms with Crippen LogP contribution in [-0.4, -0.2) is 38.5 Å². The first-order chi connectivity index (χ1) is 20.9. The summed E-state index contributed by atoms with van der Waals surface area (Å²) in [4.78, 5) is 54.1. The van der Waals surface area contributed by atoms with Gasteiger partial charge in [0.25, 0.3) is 11.8 Å². The van der Waals surface area contributed by atoms with Gasteiger partial charge in [-0.15, -0.1) is 23.2 Å². The van der Waals surface area contributed by atoms with Crippen LogP contribution in [0.15, 0.2) is 82.9 Å². The molecule has 224 valence electrons. The number of hydrogen-bond donors (Lipinski definition) is 1. The number of phenols is 1. The first-order valence-corrected chi connectivity index (χ1v) is 15.7. The molecule has 2 aliphatic carbocycles. The minimum Gasteiger partial charge on any atom is -0.508 e. The number of hydrogen-bond acceptors (Lipinski definition) is 5. The van der Waals surface area contributed by atoms with Gasteiger partial charge < -0.3 is 5.11 Å². The first kappa shape index (κ1) is 29.5. The summed E-state index contributed by atoms with van der Waals surface area (Å²) in [6.07, 6.45) is 1.70. The Hall–Kier alpha value is -3.24. The molecule has 6 unspecified atom stereocenters. The molecule has 2 saturated heterocycles. The highest BCUT2D eigenvalue weighted by atomic mass is 79.9. The minimum atomic E-state index is -2.17. The number of carbonyl (C=O) groups excluding carboxylic acids is 4. The molecule has 7 nitrogen and oxygen atoms in total. The molecule has 0 radical (unpaired) electrons. The maximum atomic E-state index is 14.3. The van der Waals surface area contributed by atoms with Crippen LogP contribution >= 0.6 is 50.7 Å². The number of phenolic OH excluding ortho intramolecular Hbond substituents is 1. The largest absolute Gasteiger partial charge is 0.508 e. The van der Waals surface area contributed by atoms with Crippen LogP contribution in [0.1, 0.15) is 24.3 Å². The molecule has 3 fully saturated rings. The zero-order valence-electron chi connectivity index (χ0n) is 22.5. The van der Waals surface area contributed by atoms with Gasteiger partial charge in [-0.2, -0.15) is 0 Å². The Bertz CT molecular complexity index is 1820. The smallest absolute Gasteiger partial charge is 0.258 e. The van der Waals surface area contributed by atoms with Crippen molar-refractivity contribution in [2.75, 3.05) is 9.80 Å². The van der Waals surface area contributed by atoms with Gasteiger partial charge in [-0.05, 0) is 85.5 Å². The SMILES string of the molecule is O=C1C2CC=C3C(CC4(Cl)C(=O)N(c5ccc(F)cc5)C(=O)C4(Cl)C3c3cc(Cl)ccc3O)C2C(=O)N1c1ccc(Br)cc1. The summed E-state index contributed by atoms with van der Waals surface area (Å²) in [6.45, 7) is 0. The molecule has 0 aromatic heterocycles. The van der Waals surface area contributed by atoms with Crippen molar-refractivity contribution in [2.24, 2.45) is 17.8 Å².